The number of halogens is 2. The SMILES string of the molecule is CCCCO[O][V](=[O])(=[O])([Cl])[Cl]. The molecule has 0 amide bonds. The van der Waals surface area contributed by atoms with Gasteiger partial charge < -0.3 is 0 Å². The fraction of sp³-hybridized carbons (Fsp3) is 1.00. The van der Waals surface area contributed by atoms with Crippen LogP contribution in [0.1, 0.15) is 19.8 Å². The number of hydrogen-bond acceptors (Lipinski definition) is 4. The summed E-state index contributed by atoms with van der Waals surface area (Å²) in [6.45, 7) is 2.08. The second-order valence-electron chi connectivity index (χ2n) is 1.95. The van der Waals surface area contributed by atoms with Gasteiger partial charge in [-0.05, 0) is 0 Å². The summed E-state index contributed by atoms with van der Waals surface area (Å²) in [5.41, 5.74) is 0. The van der Waals surface area contributed by atoms with Crippen LogP contribution in [0.5, 0.6) is 0 Å². The van der Waals surface area contributed by atoms with Crippen LogP contribution in [0.15, 0.2) is 0 Å². The van der Waals surface area contributed by atoms with Crippen molar-refractivity contribution in [1.29, 1.82) is 0 Å². The van der Waals surface area contributed by atoms with Crippen LogP contribution in [0.2, 0.25) is 0 Å². The van der Waals surface area contributed by atoms with Crippen molar-refractivity contribution in [3.8, 4) is 0 Å². The molecule has 0 bridgehead atoms. The molecule has 0 rings (SSSR count). The molecule has 0 aromatic carbocycles. The van der Waals surface area contributed by atoms with Crippen LogP contribution >= 0.6 is 19.7 Å². The van der Waals surface area contributed by atoms with E-state index >= 15 is 0 Å². The van der Waals surface area contributed by atoms with Gasteiger partial charge in [0, 0.05) is 0 Å². The van der Waals surface area contributed by atoms with E-state index in [1.54, 1.807) is 0 Å². The van der Waals surface area contributed by atoms with Crippen LogP contribution in [-0.4, -0.2) is 6.61 Å². The molecule has 0 N–H and O–H groups in total. The van der Waals surface area contributed by atoms with Crippen molar-refractivity contribution in [2.45, 2.75) is 19.8 Å². The summed E-state index contributed by atoms with van der Waals surface area (Å²) >= 11 is -5.93. The van der Waals surface area contributed by atoms with E-state index < -0.39 is 11.2 Å². The van der Waals surface area contributed by atoms with Gasteiger partial charge >= 0.3 is 73.3 Å². The van der Waals surface area contributed by atoms with Crippen LogP contribution in [-0.2, 0) is 27.3 Å². The fourth-order valence-electron chi connectivity index (χ4n) is 0.323. The van der Waals surface area contributed by atoms with Gasteiger partial charge in [-0.1, -0.05) is 0 Å². The molecule has 0 saturated heterocycles. The summed E-state index contributed by atoms with van der Waals surface area (Å²) in [5.74, 6) is 0. The molecule has 0 aliphatic rings. The zero-order valence-corrected chi connectivity index (χ0v) is 8.87. The van der Waals surface area contributed by atoms with Crippen molar-refractivity contribution in [2.75, 3.05) is 6.61 Å². The first-order valence-electron chi connectivity index (χ1n) is 3.05. The summed E-state index contributed by atoms with van der Waals surface area (Å²) in [6, 6.07) is 0. The maximum atomic E-state index is 10.5. The molecule has 4 nitrogen and oxygen atoms in total. The van der Waals surface area contributed by atoms with E-state index in [0.29, 0.717) is 6.42 Å². The second-order valence-corrected chi connectivity index (χ2v) is 9.90. The van der Waals surface area contributed by atoms with Gasteiger partial charge in [-0.15, -0.1) is 0 Å². The fourth-order valence-corrected chi connectivity index (χ4v) is 1.03. The minimum atomic E-state index is -5.93. The standard InChI is InChI=1S/C4H10O2.2ClH.2O.V/c1-2-3-4-6-5;;;;;/h5H,2-4H2,1H3;2*1H;;;/q;;;;;+3/p-3. The quantitative estimate of drug-likeness (QED) is 0.422. The van der Waals surface area contributed by atoms with Crippen LogP contribution in [0.4, 0.5) is 0 Å². The van der Waals surface area contributed by atoms with Crippen molar-refractivity contribution in [3.63, 3.8) is 0 Å². The van der Waals surface area contributed by atoms with Crippen molar-refractivity contribution in [2.24, 2.45) is 0 Å². The normalized spacial score (nSPS) is 13.5. The van der Waals surface area contributed by atoms with Gasteiger partial charge in [0.2, 0.25) is 0 Å². The van der Waals surface area contributed by atoms with Gasteiger partial charge in [0.15, 0.2) is 0 Å². The van der Waals surface area contributed by atoms with Gasteiger partial charge in [-0.3, -0.25) is 0 Å². The van der Waals surface area contributed by atoms with Crippen LogP contribution in [0.3, 0.4) is 0 Å². The summed E-state index contributed by atoms with van der Waals surface area (Å²) in [7, 11) is 9.51. The Bertz CT molecular complexity index is 220. The van der Waals surface area contributed by atoms with Crippen molar-refractivity contribution in [1.82, 2.24) is 0 Å². The Balaban J connectivity index is 3.57. The molecule has 0 aliphatic heterocycles. The summed E-state index contributed by atoms with van der Waals surface area (Å²) in [5, 5.41) is 0. The molecule has 68 valence electrons. The maximum absolute atomic E-state index is 10.5. The zero-order chi connectivity index (χ0) is 8.98. The van der Waals surface area contributed by atoms with E-state index in [1.807, 2.05) is 6.92 Å². The molecule has 0 saturated carbocycles. The van der Waals surface area contributed by atoms with E-state index in [2.05, 4.69) is 8.70 Å². The summed E-state index contributed by atoms with van der Waals surface area (Å²) in [6.07, 6.45) is 1.56. The van der Waals surface area contributed by atoms with Crippen LogP contribution in [0, 0.1) is 0 Å². The average Bonchev–Trinajstić information content (AvgIpc) is 1.76. The molecule has 0 fully saturated rings. The topological polar surface area (TPSA) is 52.6 Å². The predicted octanol–water partition coefficient (Wildman–Crippen LogP) is 2.34. The molecule has 7 heteroatoms. The second kappa shape index (κ2) is 4.07. The van der Waals surface area contributed by atoms with Gasteiger partial charge in [0.25, 0.3) is 0 Å². The Kier molecular flexibility index (Phi) is 4.33. The molecular weight excluding hydrogens is 234 g/mol. The third-order valence-electron chi connectivity index (χ3n) is 0.751. The molecule has 0 aliphatic carbocycles. The monoisotopic (exact) mass is 242 g/mol. The van der Waals surface area contributed by atoms with E-state index in [4.69, 9.17) is 19.7 Å². The third-order valence-corrected chi connectivity index (χ3v) is 1.75. The van der Waals surface area contributed by atoms with Gasteiger partial charge in [0.1, 0.15) is 0 Å². The van der Waals surface area contributed by atoms with Gasteiger partial charge in [-0.2, -0.15) is 0 Å². The molecular formula is C4H9Cl2O4V. The van der Waals surface area contributed by atoms with Crippen molar-refractivity contribution in [3.05, 3.63) is 0 Å². The Morgan fingerprint density at radius 3 is 2.27 bits per heavy atom. The molecule has 11 heavy (non-hydrogen) atoms. The van der Waals surface area contributed by atoms with Crippen molar-refractivity contribution < 1.29 is 27.3 Å². The Morgan fingerprint density at radius 1 is 1.36 bits per heavy atom. The van der Waals surface area contributed by atoms with E-state index in [1.165, 1.54) is 0 Å². The van der Waals surface area contributed by atoms with Crippen LogP contribution in [0.25, 0.3) is 0 Å². The molecule has 0 aromatic rings. The van der Waals surface area contributed by atoms with E-state index in [-0.39, 0.29) is 6.61 Å². The average molecular weight is 243 g/mol. The molecule has 0 spiro atoms. The Morgan fingerprint density at radius 2 is 1.91 bits per heavy atom. The van der Waals surface area contributed by atoms with E-state index in [9.17, 15) is 7.35 Å². The first-order valence-corrected chi connectivity index (χ1v) is 8.60. The summed E-state index contributed by atoms with van der Waals surface area (Å²) < 4.78 is 24.7. The number of unbranched alkanes of at least 4 members (excludes halogenated alkanes) is 1. The Labute approximate surface area is 73.4 Å². The summed E-state index contributed by atoms with van der Waals surface area (Å²) in [4.78, 5) is 4.23. The molecule has 0 unspecified atom stereocenters. The molecule has 0 atom stereocenters. The molecule has 0 aromatic heterocycles. The Hall–Kier alpha value is 0.684. The van der Waals surface area contributed by atoms with Crippen molar-refractivity contribution >= 4 is 19.7 Å². The first kappa shape index (κ1) is 11.7. The van der Waals surface area contributed by atoms with E-state index in [0.717, 1.165) is 6.42 Å². The number of rotatable bonds is 5. The van der Waals surface area contributed by atoms with Gasteiger partial charge in [-0.25, -0.2) is 0 Å². The minimum absolute atomic E-state index is 0.163. The molecule has 0 radical (unpaired) electrons. The van der Waals surface area contributed by atoms with Crippen LogP contribution < -0.4 is 0 Å². The molecule has 0 heterocycles. The first-order chi connectivity index (χ1) is 4.81. The number of hydrogen-bond donors (Lipinski definition) is 0. The predicted molar refractivity (Wildman–Crippen MR) is 35.0 cm³/mol. The third kappa shape index (κ3) is 10.7. The van der Waals surface area contributed by atoms with Gasteiger partial charge in [0.05, 0.1) is 0 Å². The zero-order valence-electron chi connectivity index (χ0n) is 5.96.